The minimum atomic E-state index is -3.66. The average molecular weight is 486 g/mol. The fourth-order valence-corrected chi connectivity index (χ4v) is 5.11. The van der Waals surface area contributed by atoms with Gasteiger partial charge in [-0.15, -0.1) is 0 Å². The zero-order chi connectivity index (χ0) is 21.2. The van der Waals surface area contributed by atoms with Crippen molar-refractivity contribution in [2.75, 3.05) is 40.5 Å². The van der Waals surface area contributed by atoms with E-state index in [9.17, 15) is 13.2 Å². The van der Waals surface area contributed by atoms with Crippen LogP contribution in [-0.4, -0.2) is 68.6 Å². The number of halogens is 1. The molecule has 1 aromatic heterocycles. The number of nitrogens with zero attached hydrogens (tertiary/aromatic N) is 3. The van der Waals surface area contributed by atoms with Crippen LogP contribution in [-0.2, 0) is 28.4 Å². The Kier molecular flexibility index (Phi) is 6.67. The van der Waals surface area contributed by atoms with Crippen molar-refractivity contribution in [3.63, 3.8) is 0 Å². The van der Waals surface area contributed by atoms with Gasteiger partial charge >= 0.3 is 0 Å². The molecule has 0 spiro atoms. The lowest BCUT2D eigenvalue weighted by Crippen LogP contribution is -2.40. The van der Waals surface area contributed by atoms with E-state index in [1.165, 1.54) is 21.5 Å². The predicted octanol–water partition coefficient (Wildman–Crippen LogP) is 2.09. The van der Waals surface area contributed by atoms with Crippen LogP contribution < -0.4 is 4.74 Å². The van der Waals surface area contributed by atoms with E-state index in [4.69, 9.17) is 9.47 Å². The smallest absolute Gasteiger partial charge is 0.270 e. The molecule has 3 rings (SSSR count). The Balaban J connectivity index is 1.82. The van der Waals surface area contributed by atoms with Gasteiger partial charge in [0.25, 0.3) is 5.91 Å². The molecule has 1 saturated heterocycles. The Hall–Kier alpha value is -1.88. The summed E-state index contributed by atoms with van der Waals surface area (Å²) in [5.41, 5.74) is 1.14. The molecule has 1 amide bonds. The maximum absolute atomic E-state index is 13.0. The highest BCUT2D eigenvalue weighted by Gasteiger charge is 2.29. The summed E-state index contributed by atoms with van der Waals surface area (Å²) in [6, 6.07) is 7.01. The van der Waals surface area contributed by atoms with Gasteiger partial charge in [-0.05, 0) is 24.3 Å². The summed E-state index contributed by atoms with van der Waals surface area (Å²) < 4.78 is 40.1. The van der Waals surface area contributed by atoms with Crippen molar-refractivity contribution in [3.8, 4) is 5.75 Å². The van der Waals surface area contributed by atoms with Gasteiger partial charge in [0.15, 0.2) is 0 Å². The van der Waals surface area contributed by atoms with Crippen LogP contribution in [0.15, 0.2) is 39.8 Å². The highest BCUT2D eigenvalue weighted by atomic mass is 79.9. The zero-order valence-electron chi connectivity index (χ0n) is 16.6. The Morgan fingerprint density at radius 3 is 2.62 bits per heavy atom. The minimum Gasteiger partial charge on any atom is -0.496 e. The van der Waals surface area contributed by atoms with Crippen molar-refractivity contribution in [1.82, 2.24) is 13.8 Å². The Labute approximate surface area is 179 Å². The van der Waals surface area contributed by atoms with Crippen LogP contribution in [0.25, 0.3) is 0 Å². The first-order valence-electron chi connectivity index (χ1n) is 9.06. The number of aryl methyl sites for hydroxylation is 1. The number of carbonyl (C=O) groups is 1. The Morgan fingerprint density at radius 2 is 1.97 bits per heavy atom. The maximum atomic E-state index is 13.0. The van der Waals surface area contributed by atoms with E-state index < -0.39 is 10.0 Å². The molecule has 1 fully saturated rings. The van der Waals surface area contributed by atoms with Crippen LogP contribution in [0.1, 0.15) is 16.1 Å². The van der Waals surface area contributed by atoms with E-state index in [2.05, 4.69) is 15.9 Å². The highest BCUT2D eigenvalue weighted by Crippen LogP contribution is 2.25. The lowest BCUT2D eigenvalue weighted by atomic mass is 10.2. The van der Waals surface area contributed by atoms with Gasteiger partial charge in [-0.2, -0.15) is 4.31 Å². The molecule has 0 unspecified atom stereocenters. The molecule has 1 aliphatic rings. The third-order valence-corrected chi connectivity index (χ3v) is 7.16. The molecule has 29 heavy (non-hydrogen) atoms. The van der Waals surface area contributed by atoms with Gasteiger partial charge in [-0.1, -0.05) is 15.9 Å². The second-order valence-corrected chi connectivity index (χ2v) is 9.66. The highest BCUT2D eigenvalue weighted by molar-refractivity contribution is 9.10. The first-order chi connectivity index (χ1) is 13.7. The number of ether oxygens (including phenoxy) is 2. The van der Waals surface area contributed by atoms with Gasteiger partial charge < -0.3 is 18.9 Å². The molecular formula is C19H24BrN3O5S. The number of amides is 1. The zero-order valence-corrected chi connectivity index (χ0v) is 19.0. The molecule has 0 bridgehead atoms. The number of hydrogen-bond donors (Lipinski definition) is 0. The molecule has 8 nitrogen and oxygen atoms in total. The van der Waals surface area contributed by atoms with E-state index in [0.29, 0.717) is 44.3 Å². The summed E-state index contributed by atoms with van der Waals surface area (Å²) in [6.07, 6.45) is 1.48. The van der Waals surface area contributed by atoms with E-state index in [1.807, 2.05) is 18.2 Å². The number of rotatable bonds is 6. The van der Waals surface area contributed by atoms with E-state index in [0.717, 1.165) is 10.0 Å². The molecule has 10 heteroatoms. The van der Waals surface area contributed by atoms with E-state index in [-0.39, 0.29) is 10.8 Å². The molecule has 1 aromatic carbocycles. The van der Waals surface area contributed by atoms with Crippen molar-refractivity contribution in [2.45, 2.75) is 11.4 Å². The van der Waals surface area contributed by atoms with E-state index in [1.54, 1.807) is 25.8 Å². The van der Waals surface area contributed by atoms with Crippen LogP contribution in [0.5, 0.6) is 5.75 Å². The number of aromatic nitrogens is 1. The van der Waals surface area contributed by atoms with Crippen molar-refractivity contribution in [1.29, 1.82) is 0 Å². The topological polar surface area (TPSA) is 81.1 Å². The average Bonchev–Trinajstić information content (AvgIpc) is 3.10. The molecule has 0 aliphatic carbocycles. The molecule has 1 aliphatic heterocycles. The molecule has 0 atom stereocenters. The number of methoxy groups -OCH3 is 1. The fraction of sp³-hybridized carbons (Fsp3) is 0.421. The maximum Gasteiger partial charge on any atom is 0.270 e. The number of carbonyl (C=O) groups excluding carboxylic acids is 1. The second-order valence-electron chi connectivity index (χ2n) is 6.81. The molecule has 2 heterocycles. The van der Waals surface area contributed by atoms with Gasteiger partial charge in [0, 0.05) is 50.0 Å². The van der Waals surface area contributed by atoms with Crippen LogP contribution >= 0.6 is 15.9 Å². The normalized spacial score (nSPS) is 15.3. The molecule has 0 saturated carbocycles. The minimum absolute atomic E-state index is 0.110. The first-order valence-corrected chi connectivity index (χ1v) is 11.3. The molecular weight excluding hydrogens is 462 g/mol. The lowest BCUT2D eigenvalue weighted by Gasteiger charge is -2.25. The number of benzene rings is 1. The molecule has 0 radical (unpaired) electrons. The van der Waals surface area contributed by atoms with Crippen molar-refractivity contribution in [2.24, 2.45) is 7.05 Å². The van der Waals surface area contributed by atoms with Crippen molar-refractivity contribution in [3.05, 3.63) is 46.2 Å². The summed E-state index contributed by atoms with van der Waals surface area (Å²) in [7, 11) is 1.25. The summed E-state index contributed by atoms with van der Waals surface area (Å²) in [4.78, 5) is 14.6. The van der Waals surface area contributed by atoms with Crippen LogP contribution in [0.3, 0.4) is 0 Å². The quantitative estimate of drug-likeness (QED) is 0.625. The molecule has 0 N–H and O–H groups in total. The summed E-state index contributed by atoms with van der Waals surface area (Å²) in [6.45, 7) is 1.68. The van der Waals surface area contributed by atoms with Crippen molar-refractivity contribution >= 4 is 31.9 Å². The first kappa shape index (κ1) is 21.8. The Bertz CT molecular complexity index is 999. The summed E-state index contributed by atoms with van der Waals surface area (Å²) in [5.74, 6) is 0.397. The van der Waals surface area contributed by atoms with Crippen LogP contribution in [0, 0.1) is 0 Å². The number of hydrogen-bond acceptors (Lipinski definition) is 5. The van der Waals surface area contributed by atoms with E-state index >= 15 is 0 Å². The van der Waals surface area contributed by atoms with Gasteiger partial charge in [0.2, 0.25) is 10.0 Å². The monoisotopic (exact) mass is 485 g/mol. The second kappa shape index (κ2) is 8.86. The third kappa shape index (κ3) is 4.66. The summed E-state index contributed by atoms with van der Waals surface area (Å²) in [5, 5.41) is 0. The Morgan fingerprint density at radius 1 is 1.28 bits per heavy atom. The molecule has 158 valence electrons. The fourth-order valence-electron chi connectivity index (χ4n) is 3.22. The largest absolute Gasteiger partial charge is 0.496 e. The van der Waals surface area contributed by atoms with Gasteiger partial charge in [0.1, 0.15) is 16.3 Å². The standard InChI is InChI=1S/C19H24BrN3O5S/c1-21-13-16(29(25,26)23-6-8-28-9-7-23)11-17(21)19(24)22(2)12-14-10-15(20)4-5-18(14)27-3/h4-5,10-11,13H,6-9,12H2,1-3H3. The third-order valence-electron chi connectivity index (χ3n) is 4.80. The van der Waals surface area contributed by atoms with Gasteiger partial charge in [0.05, 0.1) is 20.3 Å². The lowest BCUT2D eigenvalue weighted by molar-refractivity contribution is 0.0730. The number of sulfonamides is 1. The van der Waals surface area contributed by atoms with Crippen LogP contribution in [0.2, 0.25) is 0 Å². The van der Waals surface area contributed by atoms with Crippen LogP contribution in [0.4, 0.5) is 0 Å². The number of morpholine rings is 1. The van der Waals surface area contributed by atoms with Crippen molar-refractivity contribution < 1.29 is 22.7 Å². The summed E-state index contributed by atoms with van der Waals surface area (Å²) >= 11 is 3.43. The molecule has 2 aromatic rings. The van der Waals surface area contributed by atoms with Gasteiger partial charge in [-0.25, -0.2) is 8.42 Å². The van der Waals surface area contributed by atoms with Gasteiger partial charge in [-0.3, -0.25) is 4.79 Å². The predicted molar refractivity (Wildman–Crippen MR) is 111 cm³/mol. The SMILES string of the molecule is COc1ccc(Br)cc1CN(C)C(=O)c1cc(S(=O)(=O)N2CCOCC2)cn1C.